The van der Waals surface area contributed by atoms with Gasteiger partial charge in [-0.25, -0.2) is 0 Å². The Balaban J connectivity index is 0. The fourth-order valence-electron chi connectivity index (χ4n) is 0.185. The zero-order chi connectivity index (χ0) is 10.9. The number of carbonyl (C=O) groups is 1. The summed E-state index contributed by atoms with van der Waals surface area (Å²) in [4.78, 5) is 10.2. The maximum Gasteiger partial charge on any atom is 0.314 e. The molecule has 6 nitrogen and oxygen atoms in total. The van der Waals surface area contributed by atoms with Crippen molar-refractivity contribution in [1.29, 1.82) is 0 Å². The molecule has 0 spiro atoms. The van der Waals surface area contributed by atoms with Crippen molar-refractivity contribution in [2.24, 2.45) is 5.41 Å². The molecule has 0 aromatic rings. The van der Waals surface area contributed by atoms with Crippen LogP contribution in [-0.2, 0) is 4.79 Å². The number of rotatable bonds is 4. The molecule has 0 bridgehead atoms. The Kier molecular flexibility index (Phi) is 9.04. The fourth-order valence-corrected chi connectivity index (χ4v) is 0.185. The second-order valence-corrected chi connectivity index (χ2v) is 2.63. The van der Waals surface area contributed by atoms with E-state index in [1.807, 2.05) is 0 Å². The van der Waals surface area contributed by atoms with Crippen molar-refractivity contribution < 1.29 is 30.3 Å². The zero-order valence-corrected chi connectivity index (χ0v) is 7.47. The minimum absolute atomic E-state index is 0.125. The number of aliphatic hydroxyl groups excluding tert-OH is 4. The summed E-state index contributed by atoms with van der Waals surface area (Å²) in [6.07, 6.45) is 0. The number of carboxylic acids is 1. The normalized spacial score (nSPS) is 10.2. The summed E-state index contributed by atoms with van der Waals surface area (Å²) in [5.41, 5.74) is -1.39. The zero-order valence-electron chi connectivity index (χ0n) is 7.47. The van der Waals surface area contributed by atoms with E-state index in [0.29, 0.717) is 0 Å². The molecule has 0 aliphatic rings. The molecule has 6 heteroatoms. The highest BCUT2D eigenvalue weighted by molar-refractivity contribution is 5.74. The first kappa shape index (κ1) is 14.8. The van der Waals surface area contributed by atoms with E-state index in [0.717, 1.165) is 0 Å². The van der Waals surface area contributed by atoms with E-state index >= 15 is 0 Å². The number of aliphatic carboxylic acids is 1. The predicted molar refractivity (Wildman–Crippen MR) is 44.1 cm³/mol. The predicted octanol–water partition coefficient (Wildman–Crippen LogP) is -1.97. The van der Waals surface area contributed by atoms with Crippen molar-refractivity contribution in [3.8, 4) is 0 Å². The van der Waals surface area contributed by atoms with Crippen LogP contribution in [0.1, 0.15) is 6.92 Å². The van der Waals surface area contributed by atoms with Crippen LogP contribution in [0.3, 0.4) is 0 Å². The number of hydrogen-bond acceptors (Lipinski definition) is 5. The smallest absolute Gasteiger partial charge is 0.314 e. The first-order valence-corrected chi connectivity index (χ1v) is 3.65. The molecule has 0 saturated heterocycles. The Morgan fingerprint density at radius 3 is 1.38 bits per heavy atom. The molecular formula is C7H16O6. The van der Waals surface area contributed by atoms with Crippen molar-refractivity contribution in [2.75, 3.05) is 26.4 Å². The second-order valence-electron chi connectivity index (χ2n) is 2.63. The van der Waals surface area contributed by atoms with Gasteiger partial charge in [0.25, 0.3) is 0 Å². The molecule has 0 aromatic carbocycles. The Hall–Kier alpha value is -0.690. The van der Waals surface area contributed by atoms with Crippen molar-refractivity contribution >= 4 is 5.97 Å². The third-order valence-corrected chi connectivity index (χ3v) is 1.31. The van der Waals surface area contributed by atoms with E-state index in [9.17, 15) is 4.79 Å². The summed E-state index contributed by atoms with van der Waals surface area (Å²) in [5, 5.41) is 40.4. The lowest BCUT2D eigenvalue weighted by molar-refractivity contribution is -0.152. The van der Waals surface area contributed by atoms with Crippen LogP contribution in [-0.4, -0.2) is 57.9 Å². The van der Waals surface area contributed by atoms with Gasteiger partial charge in [-0.15, -0.1) is 0 Å². The minimum Gasteiger partial charge on any atom is -0.481 e. The van der Waals surface area contributed by atoms with E-state index in [2.05, 4.69) is 0 Å². The van der Waals surface area contributed by atoms with Crippen LogP contribution in [0.15, 0.2) is 0 Å². The molecule has 5 N–H and O–H groups in total. The van der Waals surface area contributed by atoms with E-state index < -0.39 is 24.6 Å². The standard InChI is InChI=1S/C5H10O4.C2H6O2/c1-5(2-6,3-7)4(8)9;3-1-2-4/h6-7H,2-3H2,1H3,(H,8,9);3-4H,1-2H2. The maximum atomic E-state index is 10.2. The van der Waals surface area contributed by atoms with Crippen molar-refractivity contribution in [1.82, 2.24) is 0 Å². The molecule has 0 aromatic heterocycles. The van der Waals surface area contributed by atoms with Gasteiger partial charge >= 0.3 is 5.97 Å². The molecule has 13 heavy (non-hydrogen) atoms. The van der Waals surface area contributed by atoms with Gasteiger partial charge in [-0.05, 0) is 6.92 Å². The van der Waals surface area contributed by atoms with E-state index in [1.54, 1.807) is 0 Å². The molecule has 0 radical (unpaired) electrons. The summed E-state index contributed by atoms with van der Waals surface area (Å²) in [5.74, 6) is -1.19. The van der Waals surface area contributed by atoms with Gasteiger partial charge in [-0.3, -0.25) is 4.79 Å². The highest BCUT2D eigenvalue weighted by atomic mass is 16.4. The van der Waals surface area contributed by atoms with Gasteiger partial charge in [0.15, 0.2) is 0 Å². The lowest BCUT2D eigenvalue weighted by Crippen LogP contribution is -2.35. The maximum absolute atomic E-state index is 10.2. The van der Waals surface area contributed by atoms with Gasteiger partial charge in [0.05, 0.1) is 26.4 Å². The fraction of sp³-hybridized carbons (Fsp3) is 0.857. The van der Waals surface area contributed by atoms with Gasteiger partial charge in [-0.1, -0.05) is 0 Å². The average molecular weight is 196 g/mol. The lowest BCUT2D eigenvalue weighted by Gasteiger charge is -2.17. The van der Waals surface area contributed by atoms with E-state index in [4.69, 9.17) is 25.5 Å². The third-order valence-electron chi connectivity index (χ3n) is 1.31. The Bertz CT molecular complexity index is 129. The van der Waals surface area contributed by atoms with Crippen molar-refractivity contribution in [3.63, 3.8) is 0 Å². The summed E-state index contributed by atoms with van der Waals surface area (Å²) >= 11 is 0. The summed E-state index contributed by atoms with van der Waals surface area (Å²) in [6, 6.07) is 0. The SMILES string of the molecule is CC(CO)(CO)C(=O)O.OCCO. The first-order chi connectivity index (χ1) is 5.98. The number of carboxylic acid groups (broad SMARTS) is 1. The number of aliphatic hydroxyl groups is 4. The second kappa shape index (κ2) is 7.93. The van der Waals surface area contributed by atoms with Gasteiger partial charge < -0.3 is 25.5 Å². The molecule has 0 aliphatic heterocycles. The summed E-state index contributed by atoms with van der Waals surface area (Å²) < 4.78 is 0. The van der Waals surface area contributed by atoms with Crippen LogP contribution in [0.4, 0.5) is 0 Å². The minimum atomic E-state index is -1.39. The third kappa shape index (κ3) is 6.47. The molecule has 0 rings (SSSR count). The van der Waals surface area contributed by atoms with Crippen LogP contribution in [0.25, 0.3) is 0 Å². The highest BCUT2D eigenvalue weighted by Crippen LogP contribution is 2.12. The number of hydrogen-bond donors (Lipinski definition) is 5. The monoisotopic (exact) mass is 196 g/mol. The molecule has 0 saturated carbocycles. The van der Waals surface area contributed by atoms with Crippen LogP contribution >= 0.6 is 0 Å². The van der Waals surface area contributed by atoms with Gasteiger partial charge in [0.1, 0.15) is 5.41 Å². The van der Waals surface area contributed by atoms with E-state index in [-0.39, 0.29) is 13.2 Å². The molecule has 0 fully saturated rings. The first-order valence-electron chi connectivity index (χ1n) is 3.65. The largest absolute Gasteiger partial charge is 0.481 e. The van der Waals surface area contributed by atoms with Gasteiger partial charge in [0.2, 0.25) is 0 Å². The van der Waals surface area contributed by atoms with Crippen LogP contribution in [0.5, 0.6) is 0 Å². The van der Waals surface area contributed by atoms with Crippen LogP contribution < -0.4 is 0 Å². The van der Waals surface area contributed by atoms with Gasteiger partial charge in [-0.2, -0.15) is 0 Å². The average Bonchev–Trinajstić information content (AvgIpc) is 2.16. The molecule has 0 heterocycles. The molecule has 0 aliphatic carbocycles. The Labute approximate surface area is 76.1 Å². The van der Waals surface area contributed by atoms with Crippen LogP contribution in [0.2, 0.25) is 0 Å². The molecular weight excluding hydrogens is 180 g/mol. The lowest BCUT2D eigenvalue weighted by atomic mass is 9.94. The molecule has 80 valence electrons. The van der Waals surface area contributed by atoms with Crippen molar-refractivity contribution in [3.05, 3.63) is 0 Å². The van der Waals surface area contributed by atoms with Crippen LogP contribution in [0, 0.1) is 5.41 Å². The van der Waals surface area contributed by atoms with E-state index in [1.165, 1.54) is 6.92 Å². The molecule has 0 amide bonds. The highest BCUT2D eigenvalue weighted by Gasteiger charge is 2.31. The Morgan fingerprint density at radius 1 is 1.08 bits per heavy atom. The molecule has 0 atom stereocenters. The van der Waals surface area contributed by atoms with Crippen molar-refractivity contribution in [2.45, 2.75) is 6.92 Å². The Morgan fingerprint density at radius 2 is 1.38 bits per heavy atom. The molecule has 0 unspecified atom stereocenters. The summed E-state index contributed by atoms with van der Waals surface area (Å²) in [7, 11) is 0. The van der Waals surface area contributed by atoms with Gasteiger partial charge in [0, 0.05) is 0 Å². The topological polar surface area (TPSA) is 118 Å². The quantitative estimate of drug-likeness (QED) is 0.356. The summed E-state index contributed by atoms with van der Waals surface area (Å²) in [6.45, 7) is -0.0625.